The monoisotopic (exact) mass is 298 g/mol. The number of nitrogens with zero attached hydrogens (tertiary/aromatic N) is 1. The van der Waals surface area contributed by atoms with Gasteiger partial charge in [-0.05, 0) is 25.2 Å². The van der Waals surface area contributed by atoms with Gasteiger partial charge in [0, 0.05) is 26.7 Å². The van der Waals surface area contributed by atoms with Crippen LogP contribution in [0.1, 0.15) is 39.0 Å². The van der Waals surface area contributed by atoms with E-state index in [2.05, 4.69) is 12.2 Å². The van der Waals surface area contributed by atoms with Gasteiger partial charge in [0.25, 0.3) is 0 Å². The molecule has 2 unspecified atom stereocenters. The minimum atomic E-state index is -0.790. The summed E-state index contributed by atoms with van der Waals surface area (Å²) in [6, 6.07) is -0.170. The van der Waals surface area contributed by atoms with E-state index >= 15 is 0 Å². The molecule has 0 bridgehead atoms. The third-order valence-corrected chi connectivity index (χ3v) is 5.07. The number of ether oxygens (including phenoxy) is 1. The zero-order valence-electron chi connectivity index (χ0n) is 12.9. The lowest BCUT2D eigenvalue weighted by atomic mass is 9.86. The molecule has 120 valence electrons. The highest BCUT2D eigenvalue weighted by molar-refractivity contribution is 5.78. The standard InChI is InChI=1S/C15H26N2O4/c1-11-5-8-17(9-12(11)21-2)14(20)16-10-15(13(18)19)6-3-4-7-15/h11-12H,3-10H2,1-2H3,(H,16,20)(H,18,19). The Morgan fingerprint density at radius 1 is 1.38 bits per heavy atom. The number of piperidine rings is 1. The average Bonchev–Trinajstić information content (AvgIpc) is 2.95. The number of hydrogen-bond acceptors (Lipinski definition) is 3. The SMILES string of the molecule is COC1CN(C(=O)NCC2(C(=O)O)CCCC2)CCC1C. The molecule has 1 saturated carbocycles. The second kappa shape index (κ2) is 6.64. The first-order chi connectivity index (χ1) is 9.98. The highest BCUT2D eigenvalue weighted by atomic mass is 16.5. The first-order valence-corrected chi connectivity index (χ1v) is 7.77. The van der Waals surface area contributed by atoms with E-state index in [0.717, 1.165) is 19.3 Å². The van der Waals surface area contributed by atoms with Crippen molar-refractivity contribution in [2.75, 3.05) is 26.7 Å². The molecule has 2 fully saturated rings. The predicted molar refractivity (Wildman–Crippen MR) is 78.1 cm³/mol. The quantitative estimate of drug-likeness (QED) is 0.828. The summed E-state index contributed by atoms with van der Waals surface area (Å²) < 4.78 is 5.40. The van der Waals surface area contributed by atoms with Crippen molar-refractivity contribution >= 4 is 12.0 Å². The van der Waals surface area contributed by atoms with E-state index in [0.29, 0.717) is 31.8 Å². The molecule has 1 aliphatic heterocycles. The van der Waals surface area contributed by atoms with Gasteiger partial charge in [0.05, 0.1) is 11.5 Å². The topological polar surface area (TPSA) is 78.9 Å². The van der Waals surface area contributed by atoms with Crippen molar-refractivity contribution in [3.8, 4) is 0 Å². The van der Waals surface area contributed by atoms with Crippen LogP contribution >= 0.6 is 0 Å². The largest absolute Gasteiger partial charge is 0.481 e. The highest BCUT2D eigenvalue weighted by Crippen LogP contribution is 2.37. The number of carbonyl (C=O) groups excluding carboxylic acids is 1. The number of likely N-dealkylation sites (tertiary alicyclic amines) is 1. The summed E-state index contributed by atoms with van der Waals surface area (Å²) in [6.45, 7) is 3.63. The van der Waals surface area contributed by atoms with Gasteiger partial charge in [0.15, 0.2) is 0 Å². The summed E-state index contributed by atoms with van der Waals surface area (Å²) >= 11 is 0. The summed E-state index contributed by atoms with van der Waals surface area (Å²) in [6.07, 6.45) is 4.13. The number of amides is 2. The Balaban J connectivity index is 1.88. The third kappa shape index (κ3) is 3.48. The van der Waals surface area contributed by atoms with Crippen molar-refractivity contribution in [3.05, 3.63) is 0 Å². The van der Waals surface area contributed by atoms with E-state index in [9.17, 15) is 14.7 Å². The molecule has 0 radical (unpaired) electrons. The number of urea groups is 1. The fourth-order valence-electron chi connectivity index (χ4n) is 3.40. The number of carbonyl (C=O) groups is 2. The summed E-state index contributed by atoms with van der Waals surface area (Å²) in [5.74, 6) is -0.346. The van der Waals surface area contributed by atoms with Crippen molar-refractivity contribution in [1.29, 1.82) is 0 Å². The molecular weight excluding hydrogens is 272 g/mol. The normalized spacial score (nSPS) is 28.4. The van der Waals surface area contributed by atoms with Crippen molar-refractivity contribution in [3.63, 3.8) is 0 Å². The maximum Gasteiger partial charge on any atom is 0.317 e. The zero-order chi connectivity index (χ0) is 15.5. The second-order valence-corrected chi connectivity index (χ2v) is 6.44. The molecule has 1 aliphatic carbocycles. The van der Waals surface area contributed by atoms with Gasteiger partial charge >= 0.3 is 12.0 Å². The Morgan fingerprint density at radius 2 is 2.05 bits per heavy atom. The fraction of sp³-hybridized carbons (Fsp3) is 0.867. The number of carboxylic acids is 1. The van der Waals surface area contributed by atoms with Crippen molar-refractivity contribution < 1.29 is 19.4 Å². The van der Waals surface area contributed by atoms with Crippen LogP contribution in [0.5, 0.6) is 0 Å². The lowest BCUT2D eigenvalue weighted by Crippen LogP contribution is -2.52. The second-order valence-electron chi connectivity index (χ2n) is 6.44. The van der Waals surface area contributed by atoms with Crippen molar-refractivity contribution in [1.82, 2.24) is 10.2 Å². The maximum absolute atomic E-state index is 12.3. The number of rotatable bonds is 4. The average molecular weight is 298 g/mol. The van der Waals surface area contributed by atoms with E-state index in [-0.39, 0.29) is 18.7 Å². The van der Waals surface area contributed by atoms with Gasteiger partial charge in [-0.2, -0.15) is 0 Å². The van der Waals surface area contributed by atoms with E-state index in [1.807, 2.05) is 0 Å². The van der Waals surface area contributed by atoms with Gasteiger partial charge in [-0.3, -0.25) is 4.79 Å². The first kappa shape index (κ1) is 16.1. The minimum Gasteiger partial charge on any atom is -0.481 e. The smallest absolute Gasteiger partial charge is 0.317 e. The zero-order valence-corrected chi connectivity index (χ0v) is 12.9. The molecule has 2 rings (SSSR count). The highest BCUT2D eigenvalue weighted by Gasteiger charge is 2.42. The van der Waals surface area contributed by atoms with Crippen LogP contribution in [0.4, 0.5) is 4.79 Å². The summed E-state index contributed by atoms with van der Waals surface area (Å²) in [4.78, 5) is 25.5. The Morgan fingerprint density at radius 3 is 2.62 bits per heavy atom. The molecule has 1 heterocycles. The van der Waals surface area contributed by atoms with E-state index in [1.54, 1.807) is 12.0 Å². The Labute approximate surface area is 125 Å². The molecule has 2 aliphatic rings. The van der Waals surface area contributed by atoms with E-state index in [1.165, 1.54) is 0 Å². The van der Waals surface area contributed by atoms with Gasteiger partial charge in [-0.1, -0.05) is 19.8 Å². The lowest BCUT2D eigenvalue weighted by molar-refractivity contribution is -0.148. The predicted octanol–water partition coefficient (Wildman–Crippen LogP) is 1.70. The van der Waals surface area contributed by atoms with E-state index < -0.39 is 11.4 Å². The van der Waals surface area contributed by atoms with Crippen LogP contribution in [-0.2, 0) is 9.53 Å². The van der Waals surface area contributed by atoms with Crippen LogP contribution in [0.3, 0.4) is 0 Å². The fourth-order valence-corrected chi connectivity index (χ4v) is 3.40. The number of methoxy groups -OCH3 is 1. The number of hydrogen-bond donors (Lipinski definition) is 2. The molecule has 0 spiro atoms. The van der Waals surface area contributed by atoms with Crippen LogP contribution in [0.15, 0.2) is 0 Å². The minimum absolute atomic E-state index is 0.0596. The Hall–Kier alpha value is -1.30. The molecular formula is C15H26N2O4. The van der Waals surface area contributed by atoms with Crippen LogP contribution in [-0.4, -0.2) is 54.9 Å². The van der Waals surface area contributed by atoms with Crippen molar-refractivity contribution in [2.45, 2.75) is 45.1 Å². The molecule has 2 atom stereocenters. The molecule has 2 amide bonds. The summed E-state index contributed by atoms with van der Waals surface area (Å²) in [5.41, 5.74) is -0.764. The molecule has 0 aromatic carbocycles. The number of aliphatic carboxylic acids is 1. The van der Waals surface area contributed by atoms with Gasteiger partial charge in [-0.25, -0.2) is 4.79 Å². The summed E-state index contributed by atoms with van der Waals surface area (Å²) in [7, 11) is 1.67. The van der Waals surface area contributed by atoms with Crippen LogP contribution < -0.4 is 5.32 Å². The Kier molecular flexibility index (Phi) is 5.08. The van der Waals surface area contributed by atoms with Gasteiger partial charge < -0.3 is 20.1 Å². The number of carboxylic acid groups (broad SMARTS) is 1. The summed E-state index contributed by atoms with van der Waals surface area (Å²) in [5, 5.41) is 12.2. The molecule has 0 aromatic heterocycles. The van der Waals surface area contributed by atoms with Gasteiger partial charge in [0.2, 0.25) is 0 Å². The van der Waals surface area contributed by atoms with Crippen molar-refractivity contribution in [2.24, 2.45) is 11.3 Å². The third-order valence-electron chi connectivity index (χ3n) is 5.07. The van der Waals surface area contributed by atoms with Crippen LogP contribution in [0.2, 0.25) is 0 Å². The molecule has 6 nitrogen and oxygen atoms in total. The molecule has 21 heavy (non-hydrogen) atoms. The Bertz CT molecular complexity index is 393. The first-order valence-electron chi connectivity index (χ1n) is 7.77. The lowest BCUT2D eigenvalue weighted by Gasteiger charge is -2.36. The van der Waals surface area contributed by atoms with Crippen LogP contribution in [0.25, 0.3) is 0 Å². The molecule has 1 saturated heterocycles. The molecule has 2 N–H and O–H groups in total. The van der Waals surface area contributed by atoms with Crippen LogP contribution in [0, 0.1) is 11.3 Å². The van der Waals surface area contributed by atoms with Gasteiger partial charge in [-0.15, -0.1) is 0 Å². The van der Waals surface area contributed by atoms with E-state index in [4.69, 9.17) is 4.74 Å². The molecule has 6 heteroatoms. The number of nitrogens with one attached hydrogen (secondary N) is 1. The molecule has 0 aromatic rings. The van der Waals surface area contributed by atoms with Gasteiger partial charge in [0.1, 0.15) is 0 Å². The maximum atomic E-state index is 12.3.